The highest BCUT2D eigenvalue weighted by Crippen LogP contribution is 2.24. The van der Waals surface area contributed by atoms with E-state index < -0.39 is 22.0 Å². The van der Waals surface area contributed by atoms with Gasteiger partial charge in [-0.05, 0) is 29.5 Å². The summed E-state index contributed by atoms with van der Waals surface area (Å²) in [6, 6.07) is 7.45. The highest BCUT2D eigenvalue weighted by atomic mass is 32.2. The van der Waals surface area contributed by atoms with Crippen LogP contribution >= 0.6 is 0 Å². The third-order valence-electron chi connectivity index (χ3n) is 3.31. The number of carboxylic acids is 1. The Bertz CT molecular complexity index is 471. The minimum absolute atomic E-state index is 0.0361. The molecule has 1 aromatic carbocycles. The summed E-state index contributed by atoms with van der Waals surface area (Å²) in [4.78, 5) is 11.9. The van der Waals surface area contributed by atoms with E-state index in [9.17, 15) is 14.1 Å². The lowest BCUT2D eigenvalue weighted by atomic mass is 9.87. The van der Waals surface area contributed by atoms with Crippen molar-refractivity contribution in [1.82, 2.24) is 0 Å². The molecule has 1 rings (SSSR count). The smallest absolute Gasteiger partial charge is 0.319 e. The maximum atomic E-state index is 12.4. The highest BCUT2D eigenvalue weighted by molar-refractivity contribution is 7.86. The fraction of sp³-hybridized carbons (Fsp3) is 0.562. The maximum absolute atomic E-state index is 12.4. The predicted octanol–water partition coefficient (Wildman–Crippen LogP) is 3.74. The van der Waals surface area contributed by atoms with Crippen molar-refractivity contribution < 1.29 is 14.1 Å². The Morgan fingerprint density at radius 3 is 2.20 bits per heavy atom. The van der Waals surface area contributed by atoms with Gasteiger partial charge in [0.05, 0.1) is 10.8 Å². The first-order valence-corrected chi connectivity index (χ1v) is 8.22. The molecule has 2 unspecified atom stereocenters. The van der Waals surface area contributed by atoms with E-state index in [0.717, 1.165) is 18.4 Å². The molecule has 0 saturated heterocycles. The van der Waals surface area contributed by atoms with Gasteiger partial charge in [-0.1, -0.05) is 52.7 Å². The second-order valence-corrected chi connectivity index (χ2v) is 7.68. The highest BCUT2D eigenvalue weighted by Gasteiger charge is 2.25. The molecule has 112 valence electrons. The van der Waals surface area contributed by atoms with Crippen molar-refractivity contribution in [2.24, 2.45) is 0 Å². The molecule has 3 nitrogen and oxygen atoms in total. The summed E-state index contributed by atoms with van der Waals surface area (Å²) in [5.74, 6) is -0.975. The van der Waals surface area contributed by atoms with Gasteiger partial charge in [-0.3, -0.25) is 9.00 Å². The van der Waals surface area contributed by atoms with E-state index >= 15 is 0 Å². The zero-order chi connectivity index (χ0) is 15.3. The first kappa shape index (κ1) is 16.9. The molecule has 0 aromatic heterocycles. The summed E-state index contributed by atoms with van der Waals surface area (Å²) in [5, 5.41) is 8.41. The summed E-state index contributed by atoms with van der Waals surface area (Å²) >= 11 is 0. The summed E-state index contributed by atoms with van der Waals surface area (Å²) < 4.78 is 12.4. The Morgan fingerprint density at radius 2 is 1.80 bits per heavy atom. The van der Waals surface area contributed by atoms with Crippen molar-refractivity contribution >= 4 is 16.8 Å². The summed E-state index contributed by atoms with van der Waals surface area (Å²) in [6.45, 7) is 8.33. The lowest BCUT2D eigenvalue weighted by Gasteiger charge is -2.19. The lowest BCUT2D eigenvalue weighted by Crippen LogP contribution is -2.25. The van der Waals surface area contributed by atoms with Crippen LogP contribution in [-0.2, 0) is 21.0 Å². The second kappa shape index (κ2) is 7.02. The Morgan fingerprint density at radius 1 is 1.25 bits per heavy atom. The quantitative estimate of drug-likeness (QED) is 0.870. The number of carboxylic acid groups (broad SMARTS) is 1. The first-order chi connectivity index (χ1) is 9.27. The number of benzene rings is 1. The van der Waals surface area contributed by atoms with Crippen LogP contribution in [0.4, 0.5) is 0 Å². The number of unbranched alkanes of at least 4 members (excludes halogenated alkanes) is 1. The van der Waals surface area contributed by atoms with Crippen LogP contribution < -0.4 is 0 Å². The molecule has 0 aliphatic carbocycles. The van der Waals surface area contributed by atoms with Gasteiger partial charge in [-0.2, -0.15) is 0 Å². The number of aliphatic carboxylic acids is 1. The van der Waals surface area contributed by atoms with Crippen molar-refractivity contribution in [1.29, 1.82) is 0 Å². The van der Waals surface area contributed by atoms with Crippen LogP contribution in [0.3, 0.4) is 0 Å². The van der Waals surface area contributed by atoms with Gasteiger partial charge in [-0.25, -0.2) is 0 Å². The lowest BCUT2D eigenvalue weighted by molar-refractivity contribution is -0.136. The average Bonchev–Trinajstić information content (AvgIpc) is 2.37. The molecule has 1 N–H and O–H groups in total. The van der Waals surface area contributed by atoms with Gasteiger partial charge < -0.3 is 5.11 Å². The molecule has 0 aliphatic rings. The molecule has 0 heterocycles. The zero-order valence-electron chi connectivity index (χ0n) is 12.7. The third-order valence-corrected chi connectivity index (χ3v) is 5.00. The van der Waals surface area contributed by atoms with Crippen LogP contribution in [0.1, 0.15) is 52.5 Å². The molecule has 0 radical (unpaired) electrons. The second-order valence-electron chi connectivity index (χ2n) is 6.04. The molecular weight excluding hydrogens is 272 g/mol. The topological polar surface area (TPSA) is 54.4 Å². The normalized spacial score (nSPS) is 14.8. The van der Waals surface area contributed by atoms with Crippen LogP contribution in [0, 0.1) is 0 Å². The fourth-order valence-electron chi connectivity index (χ4n) is 1.96. The molecule has 0 saturated carbocycles. The summed E-state index contributed by atoms with van der Waals surface area (Å²) in [6.07, 6.45) is 2.15. The van der Waals surface area contributed by atoms with Crippen molar-refractivity contribution in [2.45, 2.75) is 62.5 Å². The van der Waals surface area contributed by atoms with Crippen molar-refractivity contribution in [2.75, 3.05) is 0 Å². The molecule has 0 fully saturated rings. The molecule has 0 bridgehead atoms. The van der Waals surface area contributed by atoms with Crippen molar-refractivity contribution in [3.8, 4) is 0 Å². The fourth-order valence-corrected chi connectivity index (χ4v) is 3.26. The molecule has 0 aliphatic heterocycles. The van der Waals surface area contributed by atoms with Gasteiger partial charge >= 0.3 is 5.97 Å². The Balaban J connectivity index is 2.92. The van der Waals surface area contributed by atoms with Gasteiger partial charge in [0.2, 0.25) is 0 Å². The van der Waals surface area contributed by atoms with E-state index in [4.69, 9.17) is 0 Å². The number of hydrogen-bond acceptors (Lipinski definition) is 2. The Kier molecular flexibility index (Phi) is 5.93. The van der Waals surface area contributed by atoms with E-state index in [-0.39, 0.29) is 5.41 Å². The van der Waals surface area contributed by atoms with Crippen molar-refractivity contribution in [3.63, 3.8) is 0 Å². The van der Waals surface area contributed by atoms with Gasteiger partial charge in [-0.15, -0.1) is 0 Å². The van der Waals surface area contributed by atoms with Crippen LogP contribution in [0.25, 0.3) is 0 Å². The number of carbonyl (C=O) groups is 1. The summed E-state index contributed by atoms with van der Waals surface area (Å²) in [7, 11) is -1.49. The van der Waals surface area contributed by atoms with Gasteiger partial charge in [0.25, 0.3) is 0 Å². The molecule has 2 atom stereocenters. The molecule has 4 heteroatoms. The van der Waals surface area contributed by atoms with Crippen LogP contribution in [0.2, 0.25) is 0 Å². The third kappa shape index (κ3) is 4.44. The predicted molar refractivity (Wildman–Crippen MR) is 82.5 cm³/mol. The monoisotopic (exact) mass is 296 g/mol. The molecule has 0 spiro atoms. The van der Waals surface area contributed by atoms with E-state index in [0.29, 0.717) is 11.3 Å². The zero-order valence-corrected chi connectivity index (χ0v) is 13.5. The minimum atomic E-state index is -1.49. The van der Waals surface area contributed by atoms with Gasteiger partial charge in [0.15, 0.2) is 0 Å². The molecule has 1 aromatic rings. The Labute approximate surface area is 123 Å². The van der Waals surface area contributed by atoms with E-state index in [1.807, 2.05) is 19.1 Å². The minimum Gasteiger partial charge on any atom is -0.480 e. The number of rotatable bonds is 6. The van der Waals surface area contributed by atoms with Gasteiger partial charge in [0, 0.05) is 4.90 Å². The van der Waals surface area contributed by atoms with E-state index in [1.54, 1.807) is 12.1 Å². The Hall–Kier alpha value is -1.16. The number of hydrogen-bond donors (Lipinski definition) is 1. The maximum Gasteiger partial charge on any atom is 0.319 e. The average molecular weight is 296 g/mol. The molecule has 20 heavy (non-hydrogen) atoms. The van der Waals surface area contributed by atoms with Gasteiger partial charge in [0.1, 0.15) is 5.25 Å². The standard InChI is InChI=1S/C16H24O3S/c1-5-6-7-14(15(17)18)20(19)13-10-8-12(9-11-13)16(2,3)4/h8-11,14H,5-7H2,1-4H3,(H,17,18). The van der Waals surface area contributed by atoms with Crippen LogP contribution in [-0.4, -0.2) is 20.5 Å². The summed E-state index contributed by atoms with van der Waals surface area (Å²) in [5.41, 5.74) is 1.19. The SMILES string of the molecule is CCCCC(C(=O)O)S(=O)c1ccc(C(C)(C)C)cc1. The molecular formula is C16H24O3S. The van der Waals surface area contributed by atoms with Crippen LogP contribution in [0.5, 0.6) is 0 Å². The van der Waals surface area contributed by atoms with E-state index in [1.165, 1.54) is 0 Å². The largest absolute Gasteiger partial charge is 0.480 e. The first-order valence-electron chi connectivity index (χ1n) is 7.01. The van der Waals surface area contributed by atoms with E-state index in [2.05, 4.69) is 20.8 Å². The van der Waals surface area contributed by atoms with Crippen LogP contribution in [0.15, 0.2) is 29.2 Å². The van der Waals surface area contributed by atoms with Crippen molar-refractivity contribution in [3.05, 3.63) is 29.8 Å². The molecule has 0 amide bonds.